The number of nitrogen functional groups attached to an aromatic ring is 2. The number of carbonyl (C=O) groups excluding carboxylic acids is 2. The molecule has 0 fully saturated rings. The lowest BCUT2D eigenvalue weighted by atomic mass is 10.1. The van der Waals surface area contributed by atoms with Gasteiger partial charge in [-0.1, -0.05) is 0 Å². The second-order valence-electron chi connectivity index (χ2n) is 10.0. The molecule has 0 bridgehead atoms. The second kappa shape index (κ2) is 16.3. The summed E-state index contributed by atoms with van der Waals surface area (Å²) in [5.74, 6) is -0.976. The number of imidazole rings is 2. The van der Waals surface area contributed by atoms with E-state index in [1.165, 1.54) is 40.7 Å². The molecule has 0 amide bonds. The van der Waals surface area contributed by atoms with E-state index in [2.05, 4.69) is 29.9 Å². The summed E-state index contributed by atoms with van der Waals surface area (Å²) in [4.78, 5) is 66.5. The minimum absolute atomic E-state index is 0.00736. The molecule has 0 unspecified atom stereocenters. The van der Waals surface area contributed by atoms with Crippen LogP contribution in [0.5, 0.6) is 0 Å². The molecule has 4 heterocycles. The number of aromatic nitrogens is 8. The van der Waals surface area contributed by atoms with Crippen LogP contribution >= 0.6 is 0 Å². The van der Waals surface area contributed by atoms with Crippen molar-refractivity contribution in [1.82, 2.24) is 39.0 Å². The highest BCUT2D eigenvalue weighted by Gasteiger charge is 2.20. The van der Waals surface area contributed by atoms with Gasteiger partial charge in [-0.2, -0.15) is 9.97 Å². The Morgan fingerprint density at radius 2 is 1.29 bits per heavy atom. The number of carbonyl (C=O) groups is 2. The molecular formula is C26H38N10O9. The molecule has 45 heavy (non-hydrogen) atoms. The maximum absolute atomic E-state index is 11.8. The zero-order valence-corrected chi connectivity index (χ0v) is 25.4. The molecular weight excluding hydrogens is 596 g/mol. The first-order valence-corrected chi connectivity index (χ1v) is 13.8. The summed E-state index contributed by atoms with van der Waals surface area (Å²) in [6.07, 6.45) is 3.47. The van der Waals surface area contributed by atoms with Crippen LogP contribution in [-0.4, -0.2) is 96.4 Å². The first-order chi connectivity index (χ1) is 21.4. The highest BCUT2D eigenvalue weighted by Crippen LogP contribution is 2.17. The van der Waals surface area contributed by atoms with Crippen LogP contribution in [0.1, 0.15) is 26.7 Å². The van der Waals surface area contributed by atoms with Crippen molar-refractivity contribution in [2.24, 2.45) is 11.8 Å². The van der Waals surface area contributed by atoms with Crippen molar-refractivity contribution in [3.8, 4) is 0 Å². The summed E-state index contributed by atoms with van der Waals surface area (Å²) in [7, 11) is 3.07. The van der Waals surface area contributed by atoms with Crippen molar-refractivity contribution in [2.45, 2.75) is 46.1 Å². The number of hydrogen-bond donors (Lipinski definition) is 5. The molecule has 0 aliphatic carbocycles. The normalized spacial score (nSPS) is 12.6. The van der Waals surface area contributed by atoms with Crippen LogP contribution in [0.15, 0.2) is 22.2 Å². The fourth-order valence-corrected chi connectivity index (χ4v) is 4.40. The molecule has 19 heteroatoms. The average Bonchev–Trinajstić information content (AvgIpc) is 3.57. The highest BCUT2D eigenvalue weighted by atomic mass is 16.7. The van der Waals surface area contributed by atoms with Gasteiger partial charge in [0, 0.05) is 66.0 Å². The van der Waals surface area contributed by atoms with Gasteiger partial charge in [-0.25, -0.2) is 9.97 Å². The number of nitrogens with one attached hydrogen (secondary N) is 2. The van der Waals surface area contributed by atoms with Gasteiger partial charge in [0.15, 0.2) is 28.6 Å². The summed E-state index contributed by atoms with van der Waals surface area (Å²) in [5.41, 5.74) is 11.4. The summed E-state index contributed by atoms with van der Waals surface area (Å²) >= 11 is 0. The van der Waals surface area contributed by atoms with Gasteiger partial charge in [0.05, 0.1) is 25.9 Å². The number of H-pyrrole nitrogens is 2. The first kappa shape index (κ1) is 34.6. The fourth-order valence-electron chi connectivity index (χ4n) is 4.40. The number of nitrogens with zero attached hydrogens (tertiary/aromatic N) is 6. The Morgan fingerprint density at radius 1 is 0.844 bits per heavy atom. The predicted molar refractivity (Wildman–Crippen MR) is 159 cm³/mol. The number of aliphatic hydroxyl groups is 1. The van der Waals surface area contributed by atoms with Crippen LogP contribution in [0.2, 0.25) is 0 Å². The van der Waals surface area contributed by atoms with Crippen LogP contribution in [0.4, 0.5) is 11.9 Å². The lowest BCUT2D eigenvalue weighted by Crippen LogP contribution is -2.25. The third kappa shape index (κ3) is 9.81. The number of hydrogen-bond acceptors (Lipinski definition) is 15. The van der Waals surface area contributed by atoms with E-state index in [9.17, 15) is 19.2 Å². The van der Waals surface area contributed by atoms with Crippen LogP contribution < -0.4 is 22.6 Å². The molecule has 4 aromatic rings. The fraction of sp³-hybridized carbons (Fsp3) is 0.538. The number of ether oxygens (including phenoxy) is 4. The largest absolute Gasteiger partial charge is 0.466 e. The molecule has 0 aromatic carbocycles. The number of aliphatic hydroxyl groups excluding tert-OH is 1. The van der Waals surface area contributed by atoms with E-state index in [1.54, 1.807) is 9.13 Å². The number of fused-ring (bicyclic) bond motifs is 2. The number of anilines is 2. The molecule has 4 rings (SSSR count). The molecule has 4 aromatic heterocycles. The first-order valence-electron chi connectivity index (χ1n) is 13.8. The molecule has 0 saturated heterocycles. The van der Waals surface area contributed by atoms with Crippen LogP contribution in [0.3, 0.4) is 0 Å². The Morgan fingerprint density at radius 3 is 1.71 bits per heavy atom. The standard InChI is InChI=1S/C14H21N5O5.C12H17N5O4/c1-8(20)24-6-9(4-10(22-2)23-3)5-19-7-16-11-12(19)17-14(15)18-13(11)21;1-7(19)21-5-8(2-3-18)4-17-6-14-9-10(17)15-12(13)16-11(9)20/h7,9-10H,4-6H2,1-3H3,(H3,15,17,18,21);6,8,18H,2-5H2,1H3,(H3,13,15,16,20)/t9-;8-/m11/s1. The monoisotopic (exact) mass is 634 g/mol. The molecule has 0 radical (unpaired) electrons. The molecule has 2 atom stereocenters. The number of nitrogens with two attached hydrogens (primary N) is 2. The molecule has 0 aliphatic heterocycles. The number of rotatable bonds is 14. The van der Waals surface area contributed by atoms with Crippen LogP contribution in [0, 0.1) is 11.8 Å². The van der Waals surface area contributed by atoms with Gasteiger partial charge in [-0.05, 0) is 6.42 Å². The third-order valence-electron chi connectivity index (χ3n) is 6.53. The second-order valence-corrected chi connectivity index (χ2v) is 10.0. The minimum Gasteiger partial charge on any atom is -0.466 e. The topological polar surface area (TPSA) is 270 Å². The van der Waals surface area contributed by atoms with E-state index < -0.39 is 17.4 Å². The SMILES string of the molecule is CC(=O)OC[C@H](CCO)Cn1cnc2c(=O)[nH]c(N)nc21.COC(C[C@@H](COC(C)=O)Cn1cnc2c(=O)[nH]c(N)nc21)OC. The van der Waals surface area contributed by atoms with Gasteiger partial charge in [-0.3, -0.25) is 29.1 Å². The number of esters is 2. The van der Waals surface area contributed by atoms with Crippen molar-refractivity contribution < 1.29 is 33.6 Å². The third-order valence-corrected chi connectivity index (χ3v) is 6.53. The Hall–Kier alpha value is -4.88. The van der Waals surface area contributed by atoms with Crippen molar-refractivity contribution in [3.05, 3.63) is 33.4 Å². The number of aromatic amines is 2. The summed E-state index contributed by atoms with van der Waals surface area (Å²) in [6.45, 7) is 3.79. The minimum atomic E-state index is -0.443. The van der Waals surface area contributed by atoms with Crippen molar-refractivity contribution >= 4 is 46.2 Å². The smallest absolute Gasteiger partial charge is 0.302 e. The molecule has 0 spiro atoms. The Bertz CT molecular complexity index is 1690. The van der Waals surface area contributed by atoms with E-state index in [4.69, 9.17) is 35.5 Å². The Kier molecular flexibility index (Phi) is 12.5. The van der Waals surface area contributed by atoms with E-state index in [-0.39, 0.29) is 66.5 Å². The van der Waals surface area contributed by atoms with Crippen molar-refractivity contribution in [1.29, 1.82) is 0 Å². The van der Waals surface area contributed by atoms with Crippen LogP contribution in [-0.2, 0) is 41.6 Å². The summed E-state index contributed by atoms with van der Waals surface area (Å²) < 4.78 is 23.8. The molecule has 7 N–H and O–H groups in total. The Balaban J connectivity index is 0.000000248. The van der Waals surface area contributed by atoms with Gasteiger partial charge in [0.1, 0.15) is 0 Å². The van der Waals surface area contributed by atoms with Crippen LogP contribution in [0.25, 0.3) is 22.3 Å². The van der Waals surface area contributed by atoms with Gasteiger partial charge < -0.3 is 44.7 Å². The summed E-state index contributed by atoms with van der Waals surface area (Å²) in [5, 5.41) is 9.08. The van der Waals surface area contributed by atoms with E-state index in [0.29, 0.717) is 37.2 Å². The lowest BCUT2D eigenvalue weighted by molar-refractivity contribution is -0.146. The predicted octanol–water partition coefficient (Wildman–Crippen LogP) is -0.846. The molecule has 0 saturated carbocycles. The summed E-state index contributed by atoms with van der Waals surface area (Å²) in [6, 6.07) is 0. The number of methoxy groups -OCH3 is 2. The van der Waals surface area contributed by atoms with Crippen molar-refractivity contribution in [3.63, 3.8) is 0 Å². The van der Waals surface area contributed by atoms with Gasteiger partial charge >= 0.3 is 11.9 Å². The Labute approximate surface area is 255 Å². The van der Waals surface area contributed by atoms with E-state index in [0.717, 1.165) is 0 Å². The maximum Gasteiger partial charge on any atom is 0.302 e. The van der Waals surface area contributed by atoms with Gasteiger partial charge in [-0.15, -0.1) is 0 Å². The van der Waals surface area contributed by atoms with Crippen molar-refractivity contribution in [2.75, 3.05) is 45.5 Å². The van der Waals surface area contributed by atoms with Gasteiger partial charge in [0.25, 0.3) is 11.1 Å². The highest BCUT2D eigenvalue weighted by molar-refractivity contribution is 5.71. The quantitative estimate of drug-likeness (QED) is 0.0835. The lowest BCUT2D eigenvalue weighted by Gasteiger charge is -2.22. The van der Waals surface area contributed by atoms with Gasteiger partial charge in [0.2, 0.25) is 11.9 Å². The zero-order valence-electron chi connectivity index (χ0n) is 25.4. The molecule has 0 aliphatic rings. The van der Waals surface area contributed by atoms with E-state index in [1.807, 2.05) is 0 Å². The molecule has 246 valence electrons. The zero-order chi connectivity index (χ0) is 33.1. The maximum atomic E-state index is 11.8. The molecule has 19 nitrogen and oxygen atoms in total. The average molecular weight is 635 g/mol. The van der Waals surface area contributed by atoms with E-state index >= 15 is 0 Å².